The Kier molecular flexibility index (Phi) is 3.21. The highest BCUT2D eigenvalue weighted by atomic mass is 16.5. The van der Waals surface area contributed by atoms with E-state index < -0.39 is 5.60 Å². The van der Waals surface area contributed by atoms with Crippen LogP contribution in [0.15, 0.2) is 18.2 Å². The summed E-state index contributed by atoms with van der Waals surface area (Å²) in [6, 6.07) is 5.92. The maximum atomic E-state index is 12.0. The van der Waals surface area contributed by atoms with Crippen LogP contribution in [-0.4, -0.2) is 41.2 Å². The smallest absolute Gasteiger partial charge is 0.260 e. The molecule has 4 nitrogen and oxygen atoms in total. The standard InChI is InChI=1S/C16H21NO3/c1-11-5-12(2)7-14(6-11)20-8-15(18)17-9-16(19,10-17)13-3-4-13/h5-7,13,19H,3-4,8-10H2,1-2H3. The van der Waals surface area contributed by atoms with Crippen LogP contribution in [0.1, 0.15) is 24.0 Å². The van der Waals surface area contributed by atoms with Gasteiger partial charge in [0.1, 0.15) is 11.4 Å². The predicted octanol–water partition coefficient (Wildman–Crippen LogP) is 1.67. The van der Waals surface area contributed by atoms with Crippen molar-refractivity contribution in [1.82, 2.24) is 4.90 Å². The summed E-state index contributed by atoms with van der Waals surface area (Å²) in [5.74, 6) is 1.09. The molecule has 1 N–H and O–H groups in total. The van der Waals surface area contributed by atoms with Crippen molar-refractivity contribution in [2.75, 3.05) is 19.7 Å². The minimum absolute atomic E-state index is 0.0453. The minimum Gasteiger partial charge on any atom is -0.484 e. The molecule has 1 aliphatic heterocycles. The van der Waals surface area contributed by atoms with Gasteiger partial charge in [-0.25, -0.2) is 0 Å². The quantitative estimate of drug-likeness (QED) is 0.909. The van der Waals surface area contributed by atoms with Gasteiger partial charge in [-0.15, -0.1) is 0 Å². The van der Waals surface area contributed by atoms with Crippen molar-refractivity contribution in [2.24, 2.45) is 5.92 Å². The fourth-order valence-corrected chi connectivity index (χ4v) is 2.92. The molecule has 20 heavy (non-hydrogen) atoms. The molecular weight excluding hydrogens is 254 g/mol. The molecule has 0 bridgehead atoms. The lowest BCUT2D eigenvalue weighted by Crippen LogP contribution is -2.65. The van der Waals surface area contributed by atoms with E-state index in [-0.39, 0.29) is 12.5 Å². The monoisotopic (exact) mass is 275 g/mol. The Labute approximate surface area is 119 Å². The third kappa shape index (κ3) is 2.66. The normalized spacial score (nSPS) is 20.4. The van der Waals surface area contributed by atoms with Crippen LogP contribution in [0, 0.1) is 19.8 Å². The van der Waals surface area contributed by atoms with Gasteiger partial charge < -0.3 is 14.7 Å². The van der Waals surface area contributed by atoms with Crippen LogP contribution in [0.25, 0.3) is 0 Å². The first kappa shape index (κ1) is 13.4. The predicted molar refractivity (Wildman–Crippen MR) is 75.7 cm³/mol. The van der Waals surface area contributed by atoms with E-state index in [4.69, 9.17) is 4.74 Å². The van der Waals surface area contributed by atoms with Crippen molar-refractivity contribution in [1.29, 1.82) is 0 Å². The van der Waals surface area contributed by atoms with E-state index in [0.717, 1.165) is 29.7 Å². The molecule has 2 fully saturated rings. The van der Waals surface area contributed by atoms with Crippen LogP contribution in [0.3, 0.4) is 0 Å². The third-order valence-corrected chi connectivity index (χ3v) is 4.18. The third-order valence-electron chi connectivity index (χ3n) is 4.18. The molecule has 1 aromatic rings. The Hall–Kier alpha value is -1.55. The fourth-order valence-electron chi connectivity index (χ4n) is 2.92. The number of carbonyl (C=O) groups is 1. The first-order valence-electron chi connectivity index (χ1n) is 7.17. The zero-order valence-electron chi connectivity index (χ0n) is 12.1. The van der Waals surface area contributed by atoms with Crippen LogP contribution < -0.4 is 4.74 Å². The van der Waals surface area contributed by atoms with Gasteiger partial charge in [0.05, 0.1) is 13.1 Å². The van der Waals surface area contributed by atoms with Crippen LogP contribution in [0.5, 0.6) is 5.75 Å². The summed E-state index contributed by atoms with van der Waals surface area (Å²) >= 11 is 0. The molecule has 0 radical (unpaired) electrons. The Bertz CT molecular complexity index is 510. The number of β-amino-alcohol motifs (C(OH)–C–C–N with tert-alkyl or cyclic N) is 1. The molecule has 1 saturated carbocycles. The molecule has 4 heteroatoms. The first-order valence-corrected chi connectivity index (χ1v) is 7.17. The van der Waals surface area contributed by atoms with Gasteiger partial charge in [-0.3, -0.25) is 4.79 Å². The van der Waals surface area contributed by atoms with Gasteiger partial charge in [0.15, 0.2) is 6.61 Å². The van der Waals surface area contributed by atoms with E-state index in [0.29, 0.717) is 19.0 Å². The summed E-state index contributed by atoms with van der Waals surface area (Å²) in [5.41, 5.74) is 1.63. The Morgan fingerprint density at radius 3 is 2.45 bits per heavy atom. The lowest BCUT2D eigenvalue weighted by atomic mass is 9.89. The molecule has 0 unspecified atom stereocenters. The topological polar surface area (TPSA) is 49.8 Å². The Morgan fingerprint density at radius 2 is 1.90 bits per heavy atom. The van der Waals surface area contributed by atoms with Crippen molar-refractivity contribution < 1.29 is 14.6 Å². The molecule has 1 aromatic carbocycles. The zero-order valence-corrected chi connectivity index (χ0v) is 12.1. The lowest BCUT2D eigenvalue weighted by molar-refractivity contribution is -0.161. The molecule has 1 amide bonds. The van der Waals surface area contributed by atoms with Crippen molar-refractivity contribution >= 4 is 5.91 Å². The average molecular weight is 275 g/mol. The zero-order chi connectivity index (χ0) is 14.3. The number of hydrogen-bond donors (Lipinski definition) is 1. The highest BCUT2D eigenvalue weighted by Crippen LogP contribution is 2.44. The van der Waals surface area contributed by atoms with Crippen LogP contribution >= 0.6 is 0 Å². The van der Waals surface area contributed by atoms with E-state index in [9.17, 15) is 9.90 Å². The summed E-state index contributed by atoms with van der Waals surface area (Å²) in [7, 11) is 0. The van der Waals surface area contributed by atoms with Gasteiger partial charge in [-0.05, 0) is 55.9 Å². The second kappa shape index (κ2) is 4.77. The summed E-state index contributed by atoms with van der Waals surface area (Å²) < 4.78 is 5.56. The number of likely N-dealkylation sites (tertiary alicyclic amines) is 1. The number of hydrogen-bond acceptors (Lipinski definition) is 3. The van der Waals surface area contributed by atoms with Crippen molar-refractivity contribution in [3.63, 3.8) is 0 Å². The van der Waals surface area contributed by atoms with Gasteiger partial charge in [0, 0.05) is 0 Å². The molecule has 108 valence electrons. The van der Waals surface area contributed by atoms with E-state index >= 15 is 0 Å². The summed E-state index contributed by atoms with van der Waals surface area (Å²) in [4.78, 5) is 13.7. The van der Waals surface area contributed by atoms with Crippen molar-refractivity contribution in [3.05, 3.63) is 29.3 Å². The molecule has 0 aromatic heterocycles. The fraction of sp³-hybridized carbons (Fsp3) is 0.562. The maximum Gasteiger partial charge on any atom is 0.260 e. The number of aliphatic hydroxyl groups is 1. The van der Waals surface area contributed by atoms with E-state index in [1.54, 1.807) is 4.90 Å². The largest absolute Gasteiger partial charge is 0.484 e. The average Bonchev–Trinajstić information content (AvgIpc) is 3.15. The molecular formula is C16H21NO3. The molecule has 1 heterocycles. The van der Waals surface area contributed by atoms with Gasteiger partial charge in [0.2, 0.25) is 0 Å². The summed E-state index contributed by atoms with van der Waals surface area (Å²) in [6.07, 6.45) is 2.19. The molecule has 1 saturated heterocycles. The van der Waals surface area contributed by atoms with Gasteiger partial charge >= 0.3 is 0 Å². The molecule has 2 aliphatic rings. The Morgan fingerprint density at radius 1 is 1.30 bits per heavy atom. The summed E-state index contributed by atoms with van der Waals surface area (Å²) in [6.45, 7) is 4.99. The second-order valence-electron chi connectivity index (χ2n) is 6.24. The number of benzene rings is 1. The van der Waals surface area contributed by atoms with E-state index in [1.165, 1.54) is 0 Å². The summed E-state index contributed by atoms with van der Waals surface area (Å²) in [5, 5.41) is 10.2. The van der Waals surface area contributed by atoms with Crippen LogP contribution in [0.2, 0.25) is 0 Å². The SMILES string of the molecule is Cc1cc(C)cc(OCC(=O)N2CC(O)(C3CC3)C2)c1. The van der Waals surface area contributed by atoms with Crippen molar-refractivity contribution in [3.8, 4) is 5.75 Å². The molecule has 1 aliphatic carbocycles. The van der Waals surface area contributed by atoms with E-state index in [2.05, 4.69) is 6.07 Å². The lowest BCUT2D eigenvalue weighted by Gasteiger charge is -2.46. The van der Waals surface area contributed by atoms with E-state index in [1.807, 2.05) is 26.0 Å². The Balaban J connectivity index is 1.50. The van der Waals surface area contributed by atoms with Crippen LogP contribution in [-0.2, 0) is 4.79 Å². The van der Waals surface area contributed by atoms with Gasteiger partial charge in [0.25, 0.3) is 5.91 Å². The second-order valence-corrected chi connectivity index (χ2v) is 6.24. The van der Waals surface area contributed by atoms with Gasteiger partial charge in [-0.2, -0.15) is 0 Å². The number of ether oxygens (including phenoxy) is 1. The number of nitrogens with zero attached hydrogens (tertiary/aromatic N) is 1. The van der Waals surface area contributed by atoms with Gasteiger partial charge in [-0.1, -0.05) is 6.07 Å². The number of amides is 1. The minimum atomic E-state index is -0.615. The molecule has 0 spiro atoms. The molecule has 0 atom stereocenters. The first-order chi connectivity index (χ1) is 9.46. The van der Waals surface area contributed by atoms with Crippen molar-refractivity contribution in [2.45, 2.75) is 32.3 Å². The highest BCUT2D eigenvalue weighted by Gasteiger charge is 2.53. The number of carbonyl (C=O) groups excluding carboxylic acids is 1. The maximum absolute atomic E-state index is 12.0. The number of rotatable bonds is 4. The molecule has 3 rings (SSSR count). The number of aryl methyl sites for hydroxylation is 2. The van der Waals surface area contributed by atoms with Crippen LogP contribution in [0.4, 0.5) is 0 Å². The highest BCUT2D eigenvalue weighted by molar-refractivity contribution is 5.79.